The predicted molar refractivity (Wildman–Crippen MR) is 266 cm³/mol. The summed E-state index contributed by atoms with van der Waals surface area (Å²) in [5.74, 6) is 0. The highest BCUT2D eigenvalue weighted by molar-refractivity contribution is 5.88. The summed E-state index contributed by atoms with van der Waals surface area (Å²) < 4.78 is 0. The van der Waals surface area contributed by atoms with E-state index in [0.29, 0.717) is 0 Å². The first-order chi connectivity index (χ1) is 31.1. The average molecular weight is 804 g/mol. The Morgan fingerprint density at radius 1 is 0.333 bits per heavy atom. The fourth-order valence-corrected chi connectivity index (χ4v) is 9.92. The predicted octanol–water partition coefficient (Wildman–Crippen LogP) is 16.4. The first kappa shape index (κ1) is 38.0. The van der Waals surface area contributed by atoms with Gasteiger partial charge in [0, 0.05) is 17.1 Å². The summed E-state index contributed by atoms with van der Waals surface area (Å²) in [7, 11) is 0. The van der Waals surface area contributed by atoms with Crippen molar-refractivity contribution < 1.29 is 0 Å². The Morgan fingerprint density at radius 3 is 1.16 bits per heavy atom. The van der Waals surface area contributed by atoms with Crippen LogP contribution in [-0.2, 0) is 5.41 Å². The van der Waals surface area contributed by atoms with Gasteiger partial charge in [0.15, 0.2) is 0 Å². The SMILES string of the molecule is C=C1/C=C\C(N(c2ccc(-c3cccc(-c4ccccc4)c3)cc2)c2ccc(-c3cccc(-c4ccccc4)c3)cc2)=C/CC2(c3ccccc31)c1ccccc1-c1ccccc12. The third-order valence-electron chi connectivity index (χ3n) is 13.0. The Balaban J connectivity index is 1.05. The first-order valence-corrected chi connectivity index (χ1v) is 21.8. The van der Waals surface area contributed by atoms with Gasteiger partial charge in [-0.2, -0.15) is 0 Å². The molecule has 0 aliphatic heterocycles. The highest BCUT2D eigenvalue weighted by atomic mass is 15.1. The summed E-state index contributed by atoms with van der Waals surface area (Å²) in [4.78, 5) is 2.41. The lowest BCUT2D eigenvalue weighted by Gasteiger charge is -2.34. The maximum Gasteiger partial charge on any atom is 0.0504 e. The van der Waals surface area contributed by atoms with Crippen LogP contribution in [0.15, 0.2) is 261 Å². The van der Waals surface area contributed by atoms with Crippen LogP contribution in [0.5, 0.6) is 0 Å². The smallest absolute Gasteiger partial charge is 0.0504 e. The number of fused-ring (bicyclic) bond motifs is 7. The molecule has 0 amide bonds. The number of hydrogen-bond donors (Lipinski definition) is 0. The van der Waals surface area contributed by atoms with Gasteiger partial charge in [-0.25, -0.2) is 0 Å². The monoisotopic (exact) mass is 803 g/mol. The maximum absolute atomic E-state index is 4.72. The van der Waals surface area contributed by atoms with Crippen molar-refractivity contribution in [2.75, 3.05) is 4.90 Å². The molecule has 1 nitrogen and oxygen atoms in total. The number of allylic oxidation sites excluding steroid dienone is 4. The molecule has 0 saturated carbocycles. The Bertz CT molecular complexity index is 3020. The van der Waals surface area contributed by atoms with Crippen LogP contribution < -0.4 is 4.90 Å². The Labute approximate surface area is 370 Å². The molecular weight excluding hydrogens is 759 g/mol. The molecule has 0 N–H and O–H groups in total. The van der Waals surface area contributed by atoms with Gasteiger partial charge in [-0.15, -0.1) is 0 Å². The van der Waals surface area contributed by atoms with Crippen molar-refractivity contribution in [3.05, 3.63) is 283 Å². The van der Waals surface area contributed by atoms with Crippen LogP contribution in [0.1, 0.15) is 28.7 Å². The zero-order valence-electron chi connectivity index (χ0n) is 35.0. The third-order valence-corrected chi connectivity index (χ3v) is 13.0. The molecular formula is C62H45N. The summed E-state index contributed by atoms with van der Waals surface area (Å²) in [6, 6.07) is 83.8. The quantitative estimate of drug-likeness (QED) is 0.155. The summed E-state index contributed by atoms with van der Waals surface area (Å²) in [5.41, 5.74) is 21.1. The molecule has 0 bridgehead atoms. The second-order valence-electron chi connectivity index (χ2n) is 16.6. The zero-order valence-corrected chi connectivity index (χ0v) is 35.0. The van der Waals surface area contributed by atoms with Crippen molar-refractivity contribution in [3.8, 4) is 55.6 Å². The number of hydrogen-bond acceptors (Lipinski definition) is 1. The number of benzene rings is 9. The van der Waals surface area contributed by atoms with Gasteiger partial charge in [-0.1, -0.05) is 213 Å². The van der Waals surface area contributed by atoms with Crippen LogP contribution >= 0.6 is 0 Å². The van der Waals surface area contributed by atoms with Crippen molar-refractivity contribution in [3.63, 3.8) is 0 Å². The Hall–Kier alpha value is -8.00. The lowest BCUT2D eigenvalue weighted by atomic mass is 9.68. The molecule has 0 heterocycles. The summed E-state index contributed by atoms with van der Waals surface area (Å²) in [6.07, 6.45) is 7.69. The first-order valence-electron chi connectivity index (χ1n) is 21.8. The van der Waals surface area contributed by atoms with E-state index in [4.69, 9.17) is 6.58 Å². The van der Waals surface area contributed by atoms with Gasteiger partial charge in [-0.3, -0.25) is 0 Å². The van der Waals surface area contributed by atoms with Gasteiger partial charge in [0.2, 0.25) is 0 Å². The molecule has 9 aromatic rings. The standard InChI is InChI=1S/C62H45N/c1-44-30-35-55(40-41-62(59-27-11-8-24-56(44)59)60-28-12-9-25-57(60)58-26-10-13-29-61(58)62)63(53-36-31-47(32-37-53)51-22-14-20-49(42-51)45-16-4-2-5-17-45)54-38-33-48(34-39-54)52-23-15-21-50(43-52)46-18-6-3-7-19-46/h2-40,42-43H,1,41H2/b35-30-,55-40+. The molecule has 9 aromatic carbocycles. The van der Waals surface area contributed by atoms with Gasteiger partial charge in [-0.05, 0) is 132 Å². The van der Waals surface area contributed by atoms with E-state index in [0.717, 1.165) is 29.1 Å². The van der Waals surface area contributed by atoms with E-state index in [9.17, 15) is 0 Å². The van der Waals surface area contributed by atoms with E-state index < -0.39 is 5.41 Å². The van der Waals surface area contributed by atoms with Crippen molar-refractivity contribution in [1.82, 2.24) is 0 Å². The van der Waals surface area contributed by atoms with Gasteiger partial charge in [0.1, 0.15) is 0 Å². The van der Waals surface area contributed by atoms with E-state index >= 15 is 0 Å². The molecule has 1 spiro atoms. The molecule has 2 aliphatic rings. The Kier molecular flexibility index (Phi) is 9.71. The molecule has 0 unspecified atom stereocenters. The van der Waals surface area contributed by atoms with Crippen LogP contribution in [0.3, 0.4) is 0 Å². The fourth-order valence-electron chi connectivity index (χ4n) is 9.92. The van der Waals surface area contributed by atoms with Crippen molar-refractivity contribution >= 4 is 16.9 Å². The van der Waals surface area contributed by atoms with Crippen LogP contribution in [-0.4, -0.2) is 0 Å². The van der Waals surface area contributed by atoms with Crippen molar-refractivity contribution in [2.45, 2.75) is 11.8 Å². The van der Waals surface area contributed by atoms with Crippen molar-refractivity contribution in [1.29, 1.82) is 0 Å². The molecule has 0 radical (unpaired) electrons. The summed E-state index contributed by atoms with van der Waals surface area (Å²) in [5, 5.41) is 0. The maximum atomic E-state index is 4.72. The molecule has 63 heavy (non-hydrogen) atoms. The molecule has 298 valence electrons. The zero-order chi connectivity index (χ0) is 42.2. The minimum absolute atomic E-state index is 0.420. The van der Waals surface area contributed by atoms with Gasteiger partial charge >= 0.3 is 0 Å². The van der Waals surface area contributed by atoms with Crippen molar-refractivity contribution in [2.24, 2.45) is 0 Å². The highest BCUT2D eigenvalue weighted by Gasteiger charge is 2.45. The molecule has 0 aromatic heterocycles. The average Bonchev–Trinajstić information content (AvgIpc) is 3.68. The lowest BCUT2D eigenvalue weighted by molar-refractivity contribution is 0.641. The van der Waals surface area contributed by atoms with Gasteiger partial charge < -0.3 is 4.90 Å². The van der Waals surface area contributed by atoms with Crippen LogP contribution in [0.4, 0.5) is 11.4 Å². The van der Waals surface area contributed by atoms with E-state index in [-0.39, 0.29) is 0 Å². The van der Waals surface area contributed by atoms with Gasteiger partial charge in [0.25, 0.3) is 0 Å². The molecule has 11 rings (SSSR count). The summed E-state index contributed by atoms with van der Waals surface area (Å²) >= 11 is 0. The fraction of sp³-hybridized carbons (Fsp3) is 0.0323. The van der Waals surface area contributed by atoms with Gasteiger partial charge in [0.05, 0.1) is 5.41 Å². The number of anilines is 2. The number of rotatable bonds is 7. The van der Waals surface area contributed by atoms with Crippen LogP contribution in [0.25, 0.3) is 61.2 Å². The lowest BCUT2D eigenvalue weighted by Crippen LogP contribution is -2.28. The molecule has 0 saturated heterocycles. The van der Waals surface area contributed by atoms with E-state index in [1.165, 1.54) is 77.9 Å². The topological polar surface area (TPSA) is 3.24 Å². The Morgan fingerprint density at radius 2 is 0.698 bits per heavy atom. The number of nitrogens with zero attached hydrogens (tertiary/aromatic N) is 1. The highest BCUT2D eigenvalue weighted by Crippen LogP contribution is 2.56. The van der Waals surface area contributed by atoms with Crippen LogP contribution in [0, 0.1) is 0 Å². The largest absolute Gasteiger partial charge is 0.311 e. The normalized spacial score (nSPS) is 14.9. The summed E-state index contributed by atoms with van der Waals surface area (Å²) in [6.45, 7) is 4.72. The molecule has 0 fully saturated rings. The molecule has 1 heteroatoms. The van der Waals surface area contributed by atoms with E-state index in [2.05, 4.69) is 254 Å². The van der Waals surface area contributed by atoms with E-state index in [1.54, 1.807) is 0 Å². The van der Waals surface area contributed by atoms with Crippen LogP contribution in [0.2, 0.25) is 0 Å². The molecule has 0 atom stereocenters. The molecule has 2 aliphatic carbocycles. The second-order valence-corrected chi connectivity index (χ2v) is 16.6. The second kappa shape index (κ2) is 16.1. The third kappa shape index (κ3) is 6.85. The van der Waals surface area contributed by atoms with E-state index in [1.807, 2.05) is 0 Å². The minimum atomic E-state index is -0.420. The minimum Gasteiger partial charge on any atom is -0.311 e.